The molecule has 10 heteroatoms. The first kappa shape index (κ1) is 53.7. The molecule has 0 radical (unpaired) electrons. The van der Waals surface area contributed by atoms with Gasteiger partial charge in [-0.05, 0) is 12.8 Å². The number of hydrogen-bond donors (Lipinski definition) is 4. The number of unbranched alkanes of at least 4 members (excludes halogenated alkanes) is 30. The van der Waals surface area contributed by atoms with Crippen molar-refractivity contribution in [1.82, 2.24) is 0 Å². The van der Waals surface area contributed by atoms with Gasteiger partial charge in [0.1, 0.15) is 31.0 Å². The first-order valence-corrected chi connectivity index (χ1v) is 24.1. The number of carbonyl (C=O) groups excluding carboxylic acids is 2. The summed E-state index contributed by atoms with van der Waals surface area (Å²) in [6, 6.07) is 0. The van der Waals surface area contributed by atoms with E-state index in [0.29, 0.717) is 6.42 Å². The molecule has 6 unspecified atom stereocenters. The summed E-state index contributed by atoms with van der Waals surface area (Å²) in [7, 11) is 0. The standard InChI is InChI=1S/C47H90O10/c1-3-5-7-9-11-13-15-17-19-20-21-22-24-26-28-30-32-34-36-43(50)56-40(39-55-47-46(53)45(52)44(51)41(37-48)57-47)38-54-42(49)35-33-31-29-27-25-23-18-16-14-12-10-8-6-4-2/h40-41,44-48,51-53H,3-39H2,1-2H3. The predicted molar refractivity (Wildman–Crippen MR) is 229 cm³/mol. The van der Waals surface area contributed by atoms with E-state index < -0.39 is 49.4 Å². The molecule has 0 aromatic carbocycles. The summed E-state index contributed by atoms with van der Waals surface area (Å²) < 4.78 is 22.2. The monoisotopic (exact) mass is 815 g/mol. The van der Waals surface area contributed by atoms with Crippen LogP contribution in [0.3, 0.4) is 0 Å². The molecule has 0 aromatic heterocycles. The predicted octanol–water partition coefficient (Wildman–Crippen LogP) is 10.6. The van der Waals surface area contributed by atoms with Crippen molar-refractivity contribution in [2.45, 2.75) is 269 Å². The topological polar surface area (TPSA) is 152 Å². The first-order valence-electron chi connectivity index (χ1n) is 24.1. The Kier molecular flexibility index (Phi) is 36.6. The zero-order chi connectivity index (χ0) is 41.6. The molecule has 0 aromatic rings. The highest BCUT2D eigenvalue weighted by atomic mass is 16.7. The number of hydrogen-bond acceptors (Lipinski definition) is 10. The minimum atomic E-state index is -1.59. The molecule has 1 heterocycles. The van der Waals surface area contributed by atoms with Gasteiger partial charge in [-0.25, -0.2) is 0 Å². The van der Waals surface area contributed by atoms with Crippen molar-refractivity contribution in [1.29, 1.82) is 0 Å². The van der Waals surface area contributed by atoms with E-state index in [1.165, 1.54) is 161 Å². The van der Waals surface area contributed by atoms with Gasteiger partial charge in [-0.2, -0.15) is 0 Å². The second-order valence-corrected chi connectivity index (χ2v) is 16.9. The molecule has 57 heavy (non-hydrogen) atoms. The lowest BCUT2D eigenvalue weighted by Gasteiger charge is -2.39. The molecule has 1 rings (SSSR count). The number of ether oxygens (including phenoxy) is 4. The molecule has 1 aliphatic heterocycles. The Hall–Kier alpha value is -1.30. The second kappa shape index (κ2) is 38.9. The lowest BCUT2D eigenvalue weighted by atomic mass is 9.99. The molecule has 0 saturated carbocycles. The molecular weight excluding hydrogens is 725 g/mol. The van der Waals surface area contributed by atoms with Crippen molar-refractivity contribution in [2.24, 2.45) is 0 Å². The van der Waals surface area contributed by atoms with E-state index in [2.05, 4.69) is 13.8 Å². The van der Waals surface area contributed by atoms with Gasteiger partial charge in [0.2, 0.25) is 0 Å². The number of esters is 2. The Morgan fingerprint density at radius 1 is 0.474 bits per heavy atom. The fraction of sp³-hybridized carbons (Fsp3) is 0.957. The van der Waals surface area contributed by atoms with Crippen LogP contribution in [0.25, 0.3) is 0 Å². The van der Waals surface area contributed by atoms with Crippen LogP contribution in [-0.4, -0.2) is 89.0 Å². The second-order valence-electron chi connectivity index (χ2n) is 16.9. The molecule has 338 valence electrons. The highest BCUT2D eigenvalue weighted by molar-refractivity contribution is 5.70. The highest BCUT2D eigenvalue weighted by Crippen LogP contribution is 2.23. The summed E-state index contributed by atoms with van der Waals surface area (Å²) in [5, 5.41) is 40.1. The summed E-state index contributed by atoms with van der Waals surface area (Å²) in [5.74, 6) is -0.789. The summed E-state index contributed by atoms with van der Waals surface area (Å²) in [4.78, 5) is 25.4. The normalized spacial score (nSPS) is 20.1. The van der Waals surface area contributed by atoms with Gasteiger partial charge in [0, 0.05) is 12.8 Å². The van der Waals surface area contributed by atoms with Crippen LogP contribution >= 0.6 is 0 Å². The Morgan fingerprint density at radius 2 is 0.825 bits per heavy atom. The van der Waals surface area contributed by atoms with Gasteiger partial charge >= 0.3 is 11.9 Å². The van der Waals surface area contributed by atoms with E-state index in [0.717, 1.165) is 38.5 Å². The van der Waals surface area contributed by atoms with Gasteiger partial charge in [0.05, 0.1) is 13.2 Å². The lowest BCUT2D eigenvalue weighted by Crippen LogP contribution is -2.59. The number of aliphatic hydroxyl groups excluding tert-OH is 4. The molecule has 6 atom stereocenters. The van der Waals surface area contributed by atoms with E-state index in [-0.39, 0.29) is 32.0 Å². The summed E-state index contributed by atoms with van der Waals surface area (Å²) in [6.07, 6.45) is 32.5. The fourth-order valence-corrected chi connectivity index (χ4v) is 7.66. The zero-order valence-corrected chi connectivity index (χ0v) is 36.9. The average molecular weight is 815 g/mol. The molecule has 1 fully saturated rings. The van der Waals surface area contributed by atoms with Crippen LogP contribution in [0.2, 0.25) is 0 Å². The van der Waals surface area contributed by atoms with Crippen molar-refractivity contribution in [3.05, 3.63) is 0 Å². The molecule has 0 aliphatic carbocycles. The maximum absolute atomic E-state index is 12.8. The molecule has 4 N–H and O–H groups in total. The zero-order valence-electron chi connectivity index (χ0n) is 36.9. The van der Waals surface area contributed by atoms with Crippen LogP contribution in [0, 0.1) is 0 Å². The van der Waals surface area contributed by atoms with E-state index in [1.54, 1.807) is 0 Å². The van der Waals surface area contributed by atoms with Gasteiger partial charge in [-0.15, -0.1) is 0 Å². The quantitative estimate of drug-likeness (QED) is 0.0347. The van der Waals surface area contributed by atoms with Crippen LogP contribution in [0.1, 0.15) is 232 Å². The lowest BCUT2D eigenvalue weighted by molar-refractivity contribution is -0.305. The summed E-state index contributed by atoms with van der Waals surface area (Å²) in [5.41, 5.74) is 0. The van der Waals surface area contributed by atoms with Crippen molar-refractivity contribution in [2.75, 3.05) is 19.8 Å². The third-order valence-corrected chi connectivity index (χ3v) is 11.5. The van der Waals surface area contributed by atoms with Crippen molar-refractivity contribution in [3.8, 4) is 0 Å². The molecule has 1 aliphatic rings. The summed E-state index contributed by atoms with van der Waals surface area (Å²) in [6.45, 7) is 3.46. The summed E-state index contributed by atoms with van der Waals surface area (Å²) >= 11 is 0. The van der Waals surface area contributed by atoms with Gasteiger partial charge in [-0.3, -0.25) is 9.59 Å². The molecule has 0 bridgehead atoms. The largest absolute Gasteiger partial charge is 0.462 e. The number of carbonyl (C=O) groups is 2. The Labute approximate surface area is 348 Å². The Morgan fingerprint density at radius 3 is 1.19 bits per heavy atom. The third-order valence-electron chi connectivity index (χ3n) is 11.5. The highest BCUT2D eigenvalue weighted by Gasteiger charge is 2.44. The smallest absolute Gasteiger partial charge is 0.306 e. The molecule has 0 spiro atoms. The average Bonchev–Trinajstić information content (AvgIpc) is 3.21. The van der Waals surface area contributed by atoms with Gasteiger partial charge in [-0.1, -0.05) is 206 Å². The van der Waals surface area contributed by atoms with Gasteiger partial charge in [0.15, 0.2) is 12.4 Å². The van der Waals surface area contributed by atoms with Crippen LogP contribution in [0.5, 0.6) is 0 Å². The van der Waals surface area contributed by atoms with Crippen molar-refractivity contribution < 1.29 is 49.0 Å². The van der Waals surface area contributed by atoms with E-state index >= 15 is 0 Å². The van der Waals surface area contributed by atoms with Crippen molar-refractivity contribution in [3.63, 3.8) is 0 Å². The van der Waals surface area contributed by atoms with Gasteiger partial charge < -0.3 is 39.4 Å². The first-order chi connectivity index (χ1) is 27.8. The van der Waals surface area contributed by atoms with E-state index in [4.69, 9.17) is 18.9 Å². The van der Waals surface area contributed by atoms with E-state index in [1.807, 2.05) is 0 Å². The maximum Gasteiger partial charge on any atom is 0.306 e. The third kappa shape index (κ3) is 30.4. The number of aliphatic hydroxyl groups is 4. The molecule has 0 amide bonds. The fourth-order valence-electron chi connectivity index (χ4n) is 7.66. The minimum absolute atomic E-state index is 0.209. The Balaban J connectivity index is 2.27. The molecule has 1 saturated heterocycles. The number of rotatable bonds is 41. The van der Waals surface area contributed by atoms with Crippen LogP contribution in [0.15, 0.2) is 0 Å². The van der Waals surface area contributed by atoms with Crippen LogP contribution in [-0.2, 0) is 28.5 Å². The molecular formula is C47H90O10. The van der Waals surface area contributed by atoms with Crippen LogP contribution < -0.4 is 0 Å². The minimum Gasteiger partial charge on any atom is -0.462 e. The van der Waals surface area contributed by atoms with Crippen molar-refractivity contribution >= 4 is 11.9 Å². The maximum atomic E-state index is 12.8. The van der Waals surface area contributed by atoms with E-state index in [9.17, 15) is 30.0 Å². The Bertz CT molecular complexity index is 901. The SMILES string of the molecule is CCCCCCCCCCCCCCCCCCCCC(=O)OC(COC(=O)CCCCCCCCCCCCCCCC)COC1OC(CO)C(O)C(O)C1O. The van der Waals surface area contributed by atoms with Crippen LogP contribution in [0.4, 0.5) is 0 Å². The molecule has 10 nitrogen and oxygen atoms in total. The van der Waals surface area contributed by atoms with Gasteiger partial charge in [0.25, 0.3) is 0 Å².